The Morgan fingerprint density at radius 1 is 1.44 bits per heavy atom. The first-order chi connectivity index (χ1) is 7.38. The van der Waals surface area contributed by atoms with Crippen LogP contribution in [0.3, 0.4) is 0 Å². The number of alkyl halides is 1. The van der Waals surface area contributed by atoms with E-state index in [1.165, 1.54) is 26.0 Å². The zero-order valence-corrected chi connectivity index (χ0v) is 9.26. The van der Waals surface area contributed by atoms with Crippen LogP contribution in [0.2, 0.25) is 0 Å². The Morgan fingerprint density at radius 2 is 2.06 bits per heavy atom. The number of halogens is 2. The molecule has 0 heterocycles. The van der Waals surface area contributed by atoms with Crippen molar-refractivity contribution in [3.05, 3.63) is 35.1 Å². The smallest absolute Gasteiger partial charge is 0.309 e. The van der Waals surface area contributed by atoms with Crippen LogP contribution < -0.4 is 0 Å². The summed E-state index contributed by atoms with van der Waals surface area (Å²) in [5.74, 6) is -1.61. The predicted molar refractivity (Wildman–Crippen MR) is 56.3 cm³/mol. The van der Waals surface area contributed by atoms with Crippen molar-refractivity contribution in [3.63, 3.8) is 0 Å². The first-order valence-electron chi connectivity index (χ1n) is 4.94. The largest absolute Gasteiger partial charge is 0.481 e. The van der Waals surface area contributed by atoms with Gasteiger partial charge >= 0.3 is 5.97 Å². The monoisotopic (exact) mass is 228 g/mol. The summed E-state index contributed by atoms with van der Waals surface area (Å²) in [6, 6.07) is 4.19. The van der Waals surface area contributed by atoms with Gasteiger partial charge in [0.15, 0.2) is 0 Å². The van der Waals surface area contributed by atoms with Crippen molar-refractivity contribution >= 4 is 5.97 Å². The third-order valence-corrected chi connectivity index (χ3v) is 2.56. The second-order valence-corrected chi connectivity index (χ2v) is 4.38. The van der Waals surface area contributed by atoms with E-state index in [4.69, 9.17) is 5.11 Å². The van der Waals surface area contributed by atoms with Crippen LogP contribution in [0.4, 0.5) is 8.78 Å². The SMILES string of the molecule is CC(C)(Cc1cccc(F)c1CF)C(=O)O. The highest BCUT2D eigenvalue weighted by atomic mass is 19.1. The van der Waals surface area contributed by atoms with Gasteiger partial charge in [0.05, 0.1) is 5.41 Å². The fourth-order valence-electron chi connectivity index (χ4n) is 1.47. The lowest BCUT2D eigenvalue weighted by Crippen LogP contribution is -2.26. The van der Waals surface area contributed by atoms with Crippen molar-refractivity contribution in [2.45, 2.75) is 26.9 Å². The normalized spacial score (nSPS) is 11.5. The first kappa shape index (κ1) is 12.6. The van der Waals surface area contributed by atoms with Gasteiger partial charge < -0.3 is 5.11 Å². The van der Waals surface area contributed by atoms with Crippen LogP contribution in [0.5, 0.6) is 0 Å². The molecule has 0 saturated heterocycles. The lowest BCUT2D eigenvalue weighted by molar-refractivity contribution is -0.146. The molecule has 16 heavy (non-hydrogen) atoms. The number of aliphatic carboxylic acids is 1. The quantitative estimate of drug-likeness (QED) is 0.860. The molecule has 0 aliphatic rings. The molecule has 0 atom stereocenters. The average Bonchev–Trinajstić information content (AvgIpc) is 2.17. The van der Waals surface area contributed by atoms with Gasteiger partial charge in [-0.2, -0.15) is 0 Å². The Kier molecular flexibility index (Phi) is 3.62. The summed E-state index contributed by atoms with van der Waals surface area (Å²) in [6.45, 7) is 2.14. The van der Waals surface area contributed by atoms with E-state index in [0.717, 1.165) is 0 Å². The molecule has 88 valence electrons. The van der Waals surface area contributed by atoms with Gasteiger partial charge in [-0.3, -0.25) is 4.79 Å². The first-order valence-corrected chi connectivity index (χ1v) is 4.94. The molecule has 0 unspecified atom stereocenters. The van der Waals surface area contributed by atoms with Crippen molar-refractivity contribution in [1.29, 1.82) is 0 Å². The summed E-state index contributed by atoms with van der Waals surface area (Å²) in [7, 11) is 0. The molecule has 1 aromatic rings. The minimum atomic E-state index is -1.03. The van der Waals surface area contributed by atoms with Crippen LogP contribution in [0.1, 0.15) is 25.0 Å². The Bertz CT molecular complexity index is 400. The van der Waals surface area contributed by atoms with Gasteiger partial charge in [0.25, 0.3) is 0 Å². The van der Waals surface area contributed by atoms with Gasteiger partial charge in [-0.15, -0.1) is 0 Å². The van der Waals surface area contributed by atoms with Gasteiger partial charge in [-0.1, -0.05) is 12.1 Å². The summed E-state index contributed by atoms with van der Waals surface area (Å²) >= 11 is 0. The van der Waals surface area contributed by atoms with E-state index < -0.39 is 23.9 Å². The highest BCUT2D eigenvalue weighted by molar-refractivity contribution is 5.74. The van der Waals surface area contributed by atoms with Crippen LogP contribution in [0.25, 0.3) is 0 Å². The minimum absolute atomic E-state index is 0.0446. The lowest BCUT2D eigenvalue weighted by Gasteiger charge is -2.20. The molecular formula is C12H14F2O2. The van der Waals surface area contributed by atoms with Crippen molar-refractivity contribution in [2.75, 3.05) is 0 Å². The van der Waals surface area contributed by atoms with Crippen molar-refractivity contribution in [1.82, 2.24) is 0 Å². The van der Waals surface area contributed by atoms with Gasteiger partial charge in [0.1, 0.15) is 12.5 Å². The highest BCUT2D eigenvalue weighted by Gasteiger charge is 2.28. The number of benzene rings is 1. The number of carbonyl (C=O) groups is 1. The molecule has 0 saturated carbocycles. The van der Waals surface area contributed by atoms with E-state index in [9.17, 15) is 13.6 Å². The summed E-state index contributed by atoms with van der Waals surface area (Å²) < 4.78 is 25.9. The van der Waals surface area contributed by atoms with E-state index in [2.05, 4.69) is 0 Å². The zero-order valence-electron chi connectivity index (χ0n) is 9.26. The summed E-state index contributed by atoms with van der Waals surface area (Å²) in [6.07, 6.45) is 0.110. The Hall–Kier alpha value is -1.45. The Morgan fingerprint density at radius 3 is 2.56 bits per heavy atom. The molecule has 0 amide bonds. The van der Waals surface area contributed by atoms with E-state index in [0.29, 0.717) is 5.56 Å². The molecular weight excluding hydrogens is 214 g/mol. The van der Waals surface area contributed by atoms with Crippen molar-refractivity contribution in [3.8, 4) is 0 Å². The number of rotatable bonds is 4. The standard InChI is InChI=1S/C12H14F2O2/c1-12(2,11(15)16)6-8-4-3-5-10(14)9(8)7-13/h3-5H,6-7H2,1-2H3,(H,15,16). The van der Waals surface area contributed by atoms with Crippen molar-refractivity contribution < 1.29 is 18.7 Å². The van der Waals surface area contributed by atoms with E-state index >= 15 is 0 Å². The third kappa shape index (κ3) is 2.56. The minimum Gasteiger partial charge on any atom is -0.481 e. The summed E-state index contributed by atoms with van der Waals surface area (Å²) in [4.78, 5) is 10.9. The lowest BCUT2D eigenvalue weighted by atomic mass is 9.84. The average molecular weight is 228 g/mol. The molecule has 0 fully saturated rings. The number of hydrogen-bond donors (Lipinski definition) is 1. The fourth-order valence-corrected chi connectivity index (χ4v) is 1.47. The zero-order chi connectivity index (χ0) is 12.3. The maximum absolute atomic E-state index is 13.2. The summed E-state index contributed by atoms with van der Waals surface area (Å²) in [5, 5.41) is 8.95. The number of carboxylic acids is 1. The van der Waals surface area contributed by atoms with Crippen LogP contribution in [-0.2, 0) is 17.9 Å². The molecule has 0 aliphatic heterocycles. The van der Waals surface area contributed by atoms with Crippen LogP contribution >= 0.6 is 0 Å². The molecule has 0 bridgehead atoms. The predicted octanol–water partition coefficient (Wildman–Crippen LogP) is 2.95. The Balaban J connectivity index is 3.06. The van der Waals surface area contributed by atoms with E-state index in [1.54, 1.807) is 6.07 Å². The molecule has 0 aromatic heterocycles. The fraction of sp³-hybridized carbons (Fsp3) is 0.417. The maximum Gasteiger partial charge on any atom is 0.309 e. The van der Waals surface area contributed by atoms with Gasteiger partial charge in [0.2, 0.25) is 0 Å². The van der Waals surface area contributed by atoms with Gasteiger partial charge in [0, 0.05) is 5.56 Å². The topological polar surface area (TPSA) is 37.3 Å². The van der Waals surface area contributed by atoms with Crippen LogP contribution in [-0.4, -0.2) is 11.1 Å². The Labute approximate surface area is 92.9 Å². The molecule has 0 aliphatic carbocycles. The molecule has 0 radical (unpaired) electrons. The second-order valence-electron chi connectivity index (χ2n) is 4.38. The van der Waals surface area contributed by atoms with E-state index in [1.807, 2.05) is 0 Å². The van der Waals surface area contributed by atoms with Gasteiger partial charge in [-0.05, 0) is 31.9 Å². The van der Waals surface area contributed by atoms with Gasteiger partial charge in [-0.25, -0.2) is 8.78 Å². The maximum atomic E-state index is 13.2. The van der Waals surface area contributed by atoms with Crippen LogP contribution in [0, 0.1) is 11.2 Å². The molecule has 0 spiro atoms. The second kappa shape index (κ2) is 4.60. The van der Waals surface area contributed by atoms with Crippen LogP contribution in [0.15, 0.2) is 18.2 Å². The molecule has 1 rings (SSSR count). The molecule has 2 nitrogen and oxygen atoms in total. The third-order valence-electron chi connectivity index (χ3n) is 2.56. The molecule has 1 N–H and O–H groups in total. The number of carboxylic acid groups (broad SMARTS) is 1. The molecule has 1 aromatic carbocycles. The van der Waals surface area contributed by atoms with E-state index in [-0.39, 0.29) is 12.0 Å². The number of hydrogen-bond acceptors (Lipinski definition) is 1. The summed E-state index contributed by atoms with van der Waals surface area (Å²) in [5.41, 5.74) is -0.663. The van der Waals surface area contributed by atoms with Crippen molar-refractivity contribution in [2.24, 2.45) is 5.41 Å². The molecule has 4 heteroatoms. The highest BCUT2D eigenvalue weighted by Crippen LogP contribution is 2.25.